The van der Waals surface area contributed by atoms with Crippen LogP contribution in [0.1, 0.15) is 47.2 Å². The number of hydrogen-bond acceptors (Lipinski definition) is 12. The van der Waals surface area contributed by atoms with Crippen LogP contribution in [0.5, 0.6) is 17.2 Å². The largest absolute Gasteiger partial charge is 0.495 e. The SMILES string of the molecule is COc1cc(Nc2c(C#N)cnc3cc(OCCCN4CCN(CCC(=O)Nc5cccc6c5CN(C5CCC(=O)NC5=O)C6=O)CC4)c(OC)cc23)c(Cl)cc1Cl. The Morgan fingerprint density at radius 2 is 1.72 bits per heavy atom. The van der Waals surface area contributed by atoms with E-state index in [4.69, 9.17) is 37.4 Å². The number of piperidine rings is 1. The monoisotopic (exact) mass is 828 g/mol. The van der Waals surface area contributed by atoms with Crippen molar-refractivity contribution in [2.24, 2.45) is 0 Å². The third kappa shape index (κ3) is 8.75. The van der Waals surface area contributed by atoms with Gasteiger partial charge in [0.2, 0.25) is 17.7 Å². The van der Waals surface area contributed by atoms with E-state index in [1.54, 1.807) is 49.6 Å². The van der Waals surface area contributed by atoms with E-state index in [1.807, 2.05) is 0 Å². The van der Waals surface area contributed by atoms with Gasteiger partial charge in [0.25, 0.3) is 5.91 Å². The Bertz CT molecular complexity index is 2310. The molecule has 0 radical (unpaired) electrons. The highest BCUT2D eigenvalue weighted by molar-refractivity contribution is 6.37. The third-order valence-corrected chi connectivity index (χ3v) is 11.2. The average molecular weight is 830 g/mol. The highest BCUT2D eigenvalue weighted by Crippen LogP contribution is 2.40. The van der Waals surface area contributed by atoms with E-state index in [0.717, 1.165) is 39.1 Å². The minimum Gasteiger partial charge on any atom is -0.495 e. The molecular formula is C41H42Cl2N8O7. The van der Waals surface area contributed by atoms with Crippen molar-refractivity contribution in [2.45, 2.75) is 38.3 Å². The van der Waals surface area contributed by atoms with Gasteiger partial charge in [-0.2, -0.15) is 5.26 Å². The van der Waals surface area contributed by atoms with Crippen LogP contribution in [-0.4, -0.2) is 109 Å². The Morgan fingerprint density at radius 1 is 0.966 bits per heavy atom. The van der Waals surface area contributed by atoms with Gasteiger partial charge in [0.15, 0.2) is 11.5 Å². The molecule has 0 bridgehead atoms. The summed E-state index contributed by atoms with van der Waals surface area (Å²) in [6.45, 7) is 5.44. The van der Waals surface area contributed by atoms with Crippen molar-refractivity contribution >= 4 is 74.8 Å². The molecule has 0 spiro atoms. The quantitative estimate of drug-likeness (QED) is 0.110. The van der Waals surface area contributed by atoms with Gasteiger partial charge in [0.05, 0.1) is 53.3 Å². The minimum absolute atomic E-state index is 0.149. The zero-order valence-electron chi connectivity index (χ0n) is 32.0. The number of halogens is 2. The summed E-state index contributed by atoms with van der Waals surface area (Å²) in [6.07, 6.45) is 3.02. The first-order chi connectivity index (χ1) is 28.1. The maximum absolute atomic E-state index is 13.1. The number of amides is 4. The number of nitrogens with zero attached hydrogens (tertiary/aromatic N) is 5. The fourth-order valence-electron chi connectivity index (χ4n) is 7.49. The molecule has 4 aromatic rings. The van der Waals surface area contributed by atoms with Crippen LogP contribution < -0.4 is 30.2 Å². The summed E-state index contributed by atoms with van der Waals surface area (Å²) >= 11 is 12.7. The van der Waals surface area contributed by atoms with Crippen molar-refractivity contribution in [3.8, 4) is 23.3 Å². The smallest absolute Gasteiger partial charge is 0.255 e. The number of fused-ring (bicyclic) bond motifs is 2. The van der Waals surface area contributed by atoms with E-state index in [9.17, 15) is 24.4 Å². The summed E-state index contributed by atoms with van der Waals surface area (Å²) in [6, 6.07) is 13.5. The number of methoxy groups -OCH3 is 2. The number of nitriles is 1. The molecule has 3 aliphatic rings. The van der Waals surface area contributed by atoms with Crippen molar-refractivity contribution in [2.75, 3.05) is 70.7 Å². The lowest BCUT2D eigenvalue weighted by Crippen LogP contribution is -2.52. The Morgan fingerprint density at radius 3 is 2.45 bits per heavy atom. The number of hydrogen-bond donors (Lipinski definition) is 3. The number of rotatable bonds is 14. The van der Waals surface area contributed by atoms with Crippen LogP contribution in [0, 0.1) is 11.3 Å². The molecule has 3 N–H and O–H groups in total. The molecular weight excluding hydrogens is 787 g/mol. The zero-order valence-corrected chi connectivity index (χ0v) is 33.5. The van der Waals surface area contributed by atoms with Gasteiger partial charge in [-0.15, -0.1) is 0 Å². The molecule has 0 saturated carbocycles. The highest BCUT2D eigenvalue weighted by Gasteiger charge is 2.40. The predicted molar refractivity (Wildman–Crippen MR) is 218 cm³/mol. The number of carbonyl (C=O) groups is 4. The van der Waals surface area contributed by atoms with Gasteiger partial charge in [-0.25, -0.2) is 0 Å². The van der Waals surface area contributed by atoms with Gasteiger partial charge in [-0.05, 0) is 37.1 Å². The van der Waals surface area contributed by atoms with E-state index in [0.29, 0.717) is 91.5 Å². The lowest BCUT2D eigenvalue weighted by Gasteiger charge is -2.34. The number of piperazine rings is 1. The van der Waals surface area contributed by atoms with E-state index < -0.39 is 11.9 Å². The maximum Gasteiger partial charge on any atom is 0.255 e. The molecule has 1 atom stereocenters. The summed E-state index contributed by atoms with van der Waals surface area (Å²) in [7, 11) is 3.06. The van der Waals surface area contributed by atoms with Gasteiger partial charge >= 0.3 is 0 Å². The summed E-state index contributed by atoms with van der Waals surface area (Å²) < 4.78 is 17.2. The van der Waals surface area contributed by atoms with Crippen LogP contribution in [0.25, 0.3) is 10.9 Å². The number of carbonyl (C=O) groups excluding carboxylic acids is 4. The first kappa shape index (κ1) is 40.5. The van der Waals surface area contributed by atoms with Crippen LogP contribution in [0.4, 0.5) is 17.1 Å². The Hall–Kier alpha value is -5.66. The molecule has 2 saturated heterocycles. The Labute approximate surface area is 345 Å². The van der Waals surface area contributed by atoms with Crippen LogP contribution >= 0.6 is 23.2 Å². The first-order valence-corrected chi connectivity index (χ1v) is 19.7. The van der Waals surface area contributed by atoms with Crippen molar-refractivity contribution in [1.29, 1.82) is 5.26 Å². The molecule has 7 rings (SSSR count). The summed E-state index contributed by atoms with van der Waals surface area (Å²) in [5.41, 5.74) is 3.61. The molecule has 15 nitrogen and oxygen atoms in total. The van der Waals surface area contributed by atoms with Crippen molar-refractivity contribution in [3.05, 3.63) is 75.4 Å². The number of nitrogens with one attached hydrogen (secondary N) is 3. The molecule has 3 aliphatic heterocycles. The average Bonchev–Trinajstić information content (AvgIpc) is 3.56. The van der Waals surface area contributed by atoms with Gasteiger partial charge in [-0.3, -0.25) is 29.5 Å². The molecule has 4 heterocycles. The molecule has 2 fully saturated rings. The molecule has 302 valence electrons. The van der Waals surface area contributed by atoms with Crippen LogP contribution in [0.15, 0.2) is 48.7 Å². The molecule has 3 aromatic carbocycles. The maximum atomic E-state index is 13.1. The third-order valence-electron chi connectivity index (χ3n) is 10.6. The lowest BCUT2D eigenvalue weighted by atomic mass is 10.0. The number of anilines is 3. The summed E-state index contributed by atoms with van der Waals surface area (Å²) in [5.74, 6) is 0.214. The predicted octanol–water partition coefficient (Wildman–Crippen LogP) is 5.35. The van der Waals surface area contributed by atoms with E-state index >= 15 is 0 Å². The second-order valence-corrected chi connectivity index (χ2v) is 15.0. The van der Waals surface area contributed by atoms with Gasteiger partial charge in [0.1, 0.15) is 17.9 Å². The van der Waals surface area contributed by atoms with Crippen LogP contribution in [-0.2, 0) is 20.9 Å². The van der Waals surface area contributed by atoms with E-state index in [1.165, 1.54) is 18.2 Å². The number of ether oxygens (including phenoxy) is 3. The fourth-order valence-corrected chi connectivity index (χ4v) is 8.00. The summed E-state index contributed by atoms with van der Waals surface area (Å²) in [5, 5.41) is 19.8. The molecule has 1 unspecified atom stereocenters. The second kappa shape index (κ2) is 17.9. The van der Waals surface area contributed by atoms with E-state index in [-0.39, 0.29) is 37.1 Å². The van der Waals surface area contributed by atoms with E-state index in [2.05, 4.69) is 36.8 Å². The topological polar surface area (TPSA) is 178 Å². The molecule has 58 heavy (non-hydrogen) atoms. The van der Waals surface area contributed by atoms with Crippen LogP contribution in [0.2, 0.25) is 10.0 Å². The number of aromatic nitrogens is 1. The molecule has 4 amide bonds. The molecule has 1 aromatic heterocycles. The lowest BCUT2D eigenvalue weighted by molar-refractivity contribution is -0.137. The van der Waals surface area contributed by atoms with Gasteiger partial charge in [0, 0.05) is 99.2 Å². The highest BCUT2D eigenvalue weighted by atomic mass is 35.5. The van der Waals surface area contributed by atoms with Gasteiger partial charge < -0.3 is 39.5 Å². The van der Waals surface area contributed by atoms with Crippen molar-refractivity contribution in [1.82, 2.24) is 25.0 Å². The van der Waals surface area contributed by atoms with Crippen molar-refractivity contribution < 1.29 is 33.4 Å². The second-order valence-electron chi connectivity index (χ2n) is 14.2. The van der Waals surface area contributed by atoms with Crippen LogP contribution in [0.3, 0.4) is 0 Å². The standard InChI is InChI=1S/C41H42Cl2N8O7/c1-56-34-20-32(28(42)18-29(34)43)47-39-24(21-44)22-45-31-19-36(35(57-2)17-26(31)39)58-16-4-10-49-12-14-50(15-13-49)11-9-38(53)46-30-6-3-5-25-27(30)23-51(41(25)55)33-7-8-37(52)48-40(33)54/h3,5-6,17-20,22,33H,4,7-16,23H2,1-2H3,(H,45,47)(H,46,53)(H,48,52,54). The Kier molecular flexibility index (Phi) is 12.5. The normalized spacial score (nSPS) is 17.1. The van der Waals surface area contributed by atoms with Crippen molar-refractivity contribution in [3.63, 3.8) is 0 Å². The number of pyridine rings is 1. The number of benzene rings is 3. The first-order valence-electron chi connectivity index (χ1n) is 18.9. The fraction of sp³-hybridized carbons (Fsp3) is 0.366. The molecule has 17 heteroatoms. The zero-order chi connectivity index (χ0) is 40.9. The summed E-state index contributed by atoms with van der Waals surface area (Å²) in [4.78, 5) is 60.9. The number of imide groups is 1. The Balaban J connectivity index is 0.873. The van der Waals surface area contributed by atoms with Gasteiger partial charge in [-0.1, -0.05) is 29.3 Å². The minimum atomic E-state index is -0.718. The molecule has 0 aliphatic carbocycles.